The number of carbonyl (C=O) groups is 1. The lowest BCUT2D eigenvalue weighted by Crippen LogP contribution is -2.45. The van der Waals surface area contributed by atoms with Crippen molar-refractivity contribution in [3.05, 3.63) is 30.1 Å². The van der Waals surface area contributed by atoms with Gasteiger partial charge < -0.3 is 0 Å². The van der Waals surface area contributed by atoms with Crippen molar-refractivity contribution in [1.82, 2.24) is 10.2 Å². The van der Waals surface area contributed by atoms with Gasteiger partial charge in [0.2, 0.25) is 21.1 Å². The van der Waals surface area contributed by atoms with Crippen molar-refractivity contribution >= 4 is 49.8 Å². The third-order valence-electron chi connectivity index (χ3n) is 3.07. The fourth-order valence-corrected chi connectivity index (χ4v) is 4.88. The van der Waals surface area contributed by atoms with E-state index in [1.165, 1.54) is 42.2 Å². The summed E-state index contributed by atoms with van der Waals surface area (Å²) in [5.41, 5.74) is 0.200. The molecule has 136 valence electrons. The smallest absolute Gasteiger partial charge is 0.249 e. The van der Waals surface area contributed by atoms with Gasteiger partial charge in [0.05, 0.1) is 11.9 Å². The van der Waals surface area contributed by atoms with E-state index in [9.17, 15) is 17.6 Å². The highest BCUT2D eigenvalue weighted by molar-refractivity contribution is 8.01. The quantitative estimate of drug-likeness (QED) is 0.563. The van der Waals surface area contributed by atoms with Gasteiger partial charge in [0.15, 0.2) is 4.34 Å². The average molecular weight is 405 g/mol. The third kappa shape index (κ3) is 5.13. The highest BCUT2D eigenvalue weighted by Crippen LogP contribution is 2.26. The molecule has 0 unspecified atom stereocenters. The Labute approximate surface area is 153 Å². The van der Waals surface area contributed by atoms with Gasteiger partial charge in [0, 0.05) is 0 Å². The lowest BCUT2D eigenvalue weighted by molar-refractivity contribution is -0.116. The number of sulfonamides is 1. The summed E-state index contributed by atoms with van der Waals surface area (Å²) in [7, 11) is -3.76. The summed E-state index contributed by atoms with van der Waals surface area (Å²) >= 11 is 2.70. The van der Waals surface area contributed by atoms with Crippen LogP contribution in [0.15, 0.2) is 28.6 Å². The van der Waals surface area contributed by atoms with Crippen LogP contribution in [-0.4, -0.2) is 42.6 Å². The molecule has 2 aromatic rings. The molecule has 11 heteroatoms. The van der Waals surface area contributed by atoms with Crippen molar-refractivity contribution in [3.63, 3.8) is 0 Å². The van der Waals surface area contributed by atoms with E-state index >= 15 is 0 Å². The summed E-state index contributed by atoms with van der Waals surface area (Å²) in [4.78, 5) is 12.4. The molecule has 1 N–H and O–H groups in total. The number of carbonyl (C=O) groups excluding carboxylic acids is 1. The van der Waals surface area contributed by atoms with Gasteiger partial charge in [-0.25, -0.2) is 12.8 Å². The fraction of sp³-hybridized carbons (Fsp3) is 0.357. The predicted molar refractivity (Wildman–Crippen MR) is 98.1 cm³/mol. The number of rotatable bonds is 7. The van der Waals surface area contributed by atoms with Crippen LogP contribution in [0.2, 0.25) is 0 Å². The Kier molecular flexibility index (Phi) is 6.36. The summed E-state index contributed by atoms with van der Waals surface area (Å²) in [6, 6.07) is 3.84. The SMILES string of the molecule is CCSc1nnc(NC(=O)[C@H](C)N(c2ccc(F)cc2)S(C)(=O)=O)s1. The molecule has 2 rings (SSSR count). The van der Waals surface area contributed by atoms with Gasteiger partial charge in [0.1, 0.15) is 11.9 Å². The van der Waals surface area contributed by atoms with Gasteiger partial charge in [-0.05, 0) is 36.9 Å². The number of hydrogen-bond acceptors (Lipinski definition) is 7. The van der Waals surface area contributed by atoms with Gasteiger partial charge in [-0.3, -0.25) is 14.4 Å². The largest absolute Gasteiger partial charge is 0.299 e. The zero-order chi connectivity index (χ0) is 18.6. The van der Waals surface area contributed by atoms with E-state index in [-0.39, 0.29) is 5.69 Å². The molecule has 1 heterocycles. The Morgan fingerprint density at radius 2 is 2.00 bits per heavy atom. The number of hydrogen-bond donors (Lipinski definition) is 1. The summed E-state index contributed by atoms with van der Waals surface area (Å²) in [5.74, 6) is -0.228. The zero-order valence-corrected chi connectivity index (χ0v) is 16.2. The number of benzene rings is 1. The molecule has 1 aromatic heterocycles. The first-order valence-electron chi connectivity index (χ1n) is 7.24. The predicted octanol–water partition coefficient (Wildman–Crippen LogP) is 2.58. The second kappa shape index (κ2) is 8.11. The normalized spacial score (nSPS) is 12.6. The van der Waals surface area contributed by atoms with Crippen molar-refractivity contribution in [2.24, 2.45) is 0 Å². The van der Waals surface area contributed by atoms with Crippen LogP contribution in [0.1, 0.15) is 13.8 Å². The van der Waals surface area contributed by atoms with Gasteiger partial charge in [-0.15, -0.1) is 10.2 Å². The fourth-order valence-electron chi connectivity index (χ4n) is 2.05. The van der Waals surface area contributed by atoms with Crippen molar-refractivity contribution < 1.29 is 17.6 Å². The van der Waals surface area contributed by atoms with Crippen LogP contribution < -0.4 is 9.62 Å². The third-order valence-corrected chi connectivity index (χ3v) is 6.17. The molecule has 0 radical (unpaired) electrons. The average Bonchev–Trinajstić information content (AvgIpc) is 2.95. The van der Waals surface area contributed by atoms with Crippen molar-refractivity contribution in [1.29, 1.82) is 0 Å². The molecule has 0 saturated heterocycles. The van der Waals surface area contributed by atoms with E-state index in [2.05, 4.69) is 15.5 Å². The van der Waals surface area contributed by atoms with Crippen molar-refractivity contribution in [2.45, 2.75) is 24.2 Å². The van der Waals surface area contributed by atoms with E-state index in [4.69, 9.17) is 0 Å². The minimum absolute atomic E-state index is 0.200. The molecule has 0 spiro atoms. The van der Waals surface area contributed by atoms with Crippen LogP contribution in [0.3, 0.4) is 0 Å². The molecule has 0 fully saturated rings. The monoisotopic (exact) mass is 404 g/mol. The van der Waals surface area contributed by atoms with Gasteiger partial charge >= 0.3 is 0 Å². The molecule has 0 bridgehead atoms. The van der Waals surface area contributed by atoms with Gasteiger partial charge in [-0.2, -0.15) is 0 Å². The molecule has 0 aliphatic rings. The van der Waals surface area contributed by atoms with Gasteiger partial charge in [0.25, 0.3) is 0 Å². The Morgan fingerprint density at radius 1 is 1.36 bits per heavy atom. The number of nitrogens with one attached hydrogen (secondary N) is 1. The van der Waals surface area contributed by atoms with E-state index in [0.717, 1.165) is 28.4 Å². The number of halogens is 1. The number of aromatic nitrogens is 2. The first-order chi connectivity index (χ1) is 11.7. The summed E-state index contributed by atoms with van der Waals surface area (Å²) in [5, 5.41) is 10.6. The van der Waals surface area contributed by atoms with Crippen LogP contribution in [0.4, 0.5) is 15.2 Å². The zero-order valence-electron chi connectivity index (χ0n) is 13.8. The van der Waals surface area contributed by atoms with Crippen LogP contribution in [0, 0.1) is 5.82 Å². The maximum atomic E-state index is 13.1. The minimum atomic E-state index is -3.76. The molecule has 0 aliphatic carbocycles. The van der Waals surface area contributed by atoms with E-state index < -0.39 is 27.8 Å². The Bertz CT molecular complexity index is 839. The summed E-state index contributed by atoms with van der Waals surface area (Å²) < 4.78 is 39.0. The molecular weight excluding hydrogens is 387 g/mol. The number of anilines is 2. The van der Waals surface area contributed by atoms with Crippen LogP contribution in [-0.2, 0) is 14.8 Å². The maximum Gasteiger partial charge on any atom is 0.249 e. The molecule has 1 atom stereocenters. The summed E-state index contributed by atoms with van der Waals surface area (Å²) in [6.45, 7) is 3.42. The molecule has 1 aromatic carbocycles. The number of thioether (sulfide) groups is 1. The molecule has 0 saturated carbocycles. The molecular formula is C14H17FN4O3S3. The van der Waals surface area contributed by atoms with Gasteiger partial charge in [-0.1, -0.05) is 30.0 Å². The summed E-state index contributed by atoms with van der Waals surface area (Å²) in [6.07, 6.45) is 0.987. The Balaban J connectivity index is 2.21. The minimum Gasteiger partial charge on any atom is -0.299 e. The van der Waals surface area contributed by atoms with Crippen LogP contribution >= 0.6 is 23.1 Å². The highest BCUT2D eigenvalue weighted by Gasteiger charge is 2.29. The molecule has 0 aliphatic heterocycles. The van der Waals surface area contributed by atoms with E-state index in [0.29, 0.717) is 9.47 Å². The number of amides is 1. The lowest BCUT2D eigenvalue weighted by atomic mass is 10.2. The first kappa shape index (κ1) is 19.6. The Hall–Kier alpha value is -1.72. The molecule has 1 amide bonds. The van der Waals surface area contributed by atoms with Crippen LogP contribution in [0.5, 0.6) is 0 Å². The second-order valence-electron chi connectivity index (χ2n) is 5.01. The van der Waals surface area contributed by atoms with E-state index in [1.807, 2.05) is 6.92 Å². The first-order valence-corrected chi connectivity index (χ1v) is 10.9. The standard InChI is InChI=1S/C14H17FN4O3S3/c1-4-23-14-18-17-13(24-14)16-12(20)9(2)19(25(3,21)22)11-7-5-10(15)6-8-11/h5-9H,4H2,1-3H3,(H,16,17,20)/t9-/m0/s1. The Morgan fingerprint density at radius 3 is 2.56 bits per heavy atom. The highest BCUT2D eigenvalue weighted by atomic mass is 32.2. The lowest BCUT2D eigenvalue weighted by Gasteiger charge is -2.27. The van der Waals surface area contributed by atoms with Crippen molar-refractivity contribution in [2.75, 3.05) is 21.6 Å². The molecule has 25 heavy (non-hydrogen) atoms. The maximum absolute atomic E-state index is 13.1. The van der Waals surface area contributed by atoms with E-state index in [1.54, 1.807) is 0 Å². The second-order valence-corrected chi connectivity index (χ2v) is 9.35. The van der Waals surface area contributed by atoms with Crippen LogP contribution in [0.25, 0.3) is 0 Å². The topological polar surface area (TPSA) is 92.3 Å². The number of nitrogens with zero attached hydrogens (tertiary/aromatic N) is 3. The molecule has 7 nitrogen and oxygen atoms in total. The van der Waals surface area contributed by atoms with Crippen molar-refractivity contribution in [3.8, 4) is 0 Å².